The highest BCUT2D eigenvalue weighted by atomic mass is 32.2. The summed E-state index contributed by atoms with van der Waals surface area (Å²) in [5, 5.41) is 10.9. The molecular weight excluding hydrogens is 276 g/mol. The molecule has 1 aromatic rings. The Balaban J connectivity index is 2.62. The Morgan fingerprint density at radius 3 is 2.72 bits per heavy atom. The summed E-state index contributed by atoms with van der Waals surface area (Å²) in [5.74, 6) is -1.20. The van der Waals surface area contributed by atoms with Crippen LogP contribution in [0.3, 0.4) is 0 Å². The first-order valence-electron chi connectivity index (χ1n) is 5.36. The second-order valence-electron chi connectivity index (χ2n) is 4.38. The van der Waals surface area contributed by atoms with Gasteiger partial charge in [0.1, 0.15) is 5.01 Å². The summed E-state index contributed by atoms with van der Waals surface area (Å²) >= 11 is 1.37. The zero-order valence-corrected chi connectivity index (χ0v) is 11.8. The van der Waals surface area contributed by atoms with Gasteiger partial charge in [-0.15, -0.1) is 11.3 Å². The van der Waals surface area contributed by atoms with Crippen LogP contribution in [-0.2, 0) is 20.4 Å². The third-order valence-corrected chi connectivity index (χ3v) is 4.93. The van der Waals surface area contributed by atoms with Crippen molar-refractivity contribution in [3.63, 3.8) is 0 Å². The maximum Gasteiger partial charge on any atom is 0.303 e. The van der Waals surface area contributed by atoms with Crippen molar-refractivity contribution in [1.82, 2.24) is 9.71 Å². The van der Waals surface area contributed by atoms with Crippen molar-refractivity contribution in [1.29, 1.82) is 0 Å². The molecule has 2 N–H and O–H groups in total. The summed E-state index contributed by atoms with van der Waals surface area (Å²) < 4.78 is 26.1. The molecule has 0 aliphatic carbocycles. The molecule has 18 heavy (non-hydrogen) atoms. The fourth-order valence-electron chi connectivity index (χ4n) is 1.43. The van der Waals surface area contributed by atoms with Gasteiger partial charge in [0.05, 0.1) is 11.3 Å². The van der Waals surface area contributed by atoms with Crippen molar-refractivity contribution in [2.45, 2.75) is 32.2 Å². The molecule has 1 heterocycles. The van der Waals surface area contributed by atoms with Gasteiger partial charge >= 0.3 is 5.97 Å². The van der Waals surface area contributed by atoms with Crippen LogP contribution in [0.2, 0.25) is 0 Å². The summed E-state index contributed by atoms with van der Waals surface area (Å²) in [4.78, 5) is 14.4. The van der Waals surface area contributed by atoms with E-state index in [1.54, 1.807) is 25.4 Å². The van der Waals surface area contributed by atoms with Crippen molar-refractivity contribution < 1.29 is 18.3 Å². The van der Waals surface area contributed by atoms with Gasteiger partial charge in [-0.2, -0.15) is 0 Å². The Kier molecular flexibility index (Phi) is 4.83. The number of thiazole rings is 1. The Morgan fingerprint density at radius 1 is 1.56 bits per heavy atom. The van der Waals surface area contributed by atoms with Crippen LogP contribution in [0.25, 0.3) is 0 Å². The smallest absolute Gasteiger partial charge is 0.303 e. The number of carbonyl (C=O) groups is 1. The van der Waals surface area contributed by atoms with E-state index in [0.29, 0.717) is 5.01 Å². The minimum absolute atomic E-state index is 0.0958. The first-order chi connectivity index (χ1) is 8.23. The number of nitrogens with one attached hydrogen (secondary N) is 1. The largest absolute Gasteiger partial charge is 0.481 e. The average molecular weight is 292 g/mol. The Hall–Kier alpha value is -0.990. The quantitative estimate of drug-likeness (QED) is 0.786. The zero-order valence-electron chi connectivity index (χ0n) is 10.2. The lowest BCUT2D eigenvalue weighted by atomic mass is 10.1. The molecule has 0 aromatic carbocycles. The van der Waals surface area contributed by atoms with Gasteiger partial charge in [-0.3, -0.25) is 4.79 Å². The molecule has 0 saturated heterocycles. The summed E-state index contributed by atoms with van der Waals surface area (Å²) in [6.45, 7) is 3.45. The van der Waals surface area contributed by atoms with E-state index in [0.717, 1.165) is 0 Å². The lowest BCUT2D eigenvalue weighted by molar-refractivity contribution is -0.137. The van der Waals surface area contributed by atoms with Crippen molar-refractivity contribution >= 4 is 27.3 Å². The highest BCUT2D eigenvalue weighted by molar-refractivity contribution is 7.89. The van der Waals surface area contributed by atoms with E-state index in [1.807, 2.05) is 0 Å². The van der Waals surface area contributed by atoms with Gasteiger partial charge in [-0.1, -0.05) is 0 Å². The highest BCUT2D eigenvalue weighted by Gasteiger charge is 2.28. The van der Waals surface area contributed by atoms with Crippen LogP contribution < -0.4 is 4.72 Å². The number of rotatable bonds is 7. The molecule has 0 spiro atoms. The molecule has 0 radical (unpaired) electrons. The molecule has 1 rings (SSSR count). The van der Waals surface area contributed by atoms with Crippen LogP contribution in [0.15, 0.2) is 11.6 Å². The predicted octanol–water partition coefficient (Wildman–Crippen LogP) is 1.16. The van der Waals surface area contributed by atoms with Gasteiger partial charge in [0.25, 0.3) is 0 Å². The summed E-state index contributed by atoms with van der Waals surface area (Å²) in [7, 11) is -3.51. The summed E-state index contributed by atoms with van der Waals surface area (Å²) in [6.07, 6.45) is 1.55. The maximum absolute atomic E-state index is 11.8. The number of aromatic nitrogens is 1. The monoisotopic (exact) mass is 292 g/mol. The van der Waals surface area contributed by atoms with E-state index in [2.05, 4.69) is 9.71 Å². The number of sulfonamides is 1. The van der Waals surface area contributed by atoms with Crippen molar-refractivity contribution in [3.05, 3.63) is 16.6 Å². The standard InChI is InChI=1S/C10H16N2O4S2/c1-10(2,9-11-5-6-17-9)12-18(15,16)7-3-4-8(13)14/h5-6,12H,3-4,7H2,1-2H3,(H,13,14). The molecule has 6 nitrogen and oxygen atoms in total. The number of carboxylic acid groups (broad SMARTS) is 1. The summed E-state index contributed by atoms with van der Waals surface area (Å²) in [6, 6.07) is 0. The maximum atomic E-state index is 11.8. The fraction of sp³-hybridized carbons (Fsp3) is 0.600. The van der Waals surface area contributed by atoms with E-state index in [1.165, 1.54) is 11.3 Å². The van der Waals surface area contributed by atoms with E-state index in [4.69, 9.17) is 5.11 Å². The van der Waals surface area contributed by atoms with Gasteiger partial charge in [-0.05, 0) is 20.3 Å². The Labute approximate surface area is 110 Å². The first-order valence-corrected chi connectivity index (χ1v) is 7.89. The second-order valence-corrected chi connectivity index (χ2v) is 7.12. The predicted molar refractivity (Wildman–Crippen MR) is 68.9 cm³/mol. The minimum atomic E-state index is -3.51. The first kappa shape index (κ1) is 15.1. The van der Waals surface area contributed by atoms with E-state index in [9.17, 15) is 13.2 Å². The average Bonchev–Trinajstić information content (AvgIpc) is 2.67. The topological polar surface area (TPSA) is 96.4 Å². The molecule has 0 bridgehead atoms. The third kappa shape index (κ3) is 4.71. The number of carboxylic acids is 1. The lowest BCUT2D eigenvalue weighted by Crippen LogP contribution is -2.42. The molecule has 0 aliphatic heterocycles. The summed E-state index contributed by atoms with van der Waals surface area (Å²) in [5.41, 5.74) is -0.782. The molecule has 0 aliphatic rings. The molecule has 0 amide bonds. The Morgan fingerprint density at radius 2 is 2.22 bits per heavy atom. The molecule has 8 heteroatoms. The third-order valence-electron chi connectivity index (χ3n) is 2.18. The van der Waals surface area contributed by atoms with Crippen molar-refractivity contribution in [3.8, 4) is 0 Å². The molecule has 102 valence electrons. The normalized spacial score (nSPS) is 12.6. The second kappa shape index (κ2) is 5.77. The molecule has 0 unspecified atom stereocenters. The van der Waals surface area contributed by atoms with Gasteiger partial charge in [0.2, 0.25) is 10.0 Å². The van der Waals surface area contributed by atoms with E-state index in [-0.39, 0.29) is 18.6 Å². The molecule has 0 saturated carbocycles. The SMILES string of the molecule is CC(C)(NS(=O)(=O)CCCC(=O)O)c1nccs1. The lowest BCUT2D eigenvalue weighted by Gasteiger charge is -2.23. The van der Waals surface area contributed by atoms with E-state index < -0.39 is 21.5 Å². The van der Waals surface area contributed by atoms with E-state index >= 15 is 0 Å². The van der Waals surface area contributed by atoms with Crippen LogP contribution in [0.5, 0.6) is 0 Å². The fourth-order valence-corrected chi connectivity index (χ4v) is 3.71. The van der Waals surface area contributed by atoms with Gasteiger partial charge < -0.3 is 5.11 Å². The molecular formula is C10H16N2O4S2. The minimum Gasteiger partial charge on any atom is -0.481 e. The number of hydrogen-bond donors (Lipinski definition) is 2. The van der Waals surface area contributed by atoms with Crippen LogP contribution in [0.4, 0.5) is 0 Å². The number of hydrogen-bond acceptors (Lipinski definition) is 5. The van der Waals surface area contributed by atoms with Gasteiger partial charge in [0, 0.05) is 18.0 Å². The molecule has 1 aromatic heterocycles. The molecule has 0 atom stereocenters. The zero-order chi connectivity index (χ0) is 13.8. The van der Waals surface area contributed by atoms with Crippen molar-refractivity contribution in [2.24, 2.45) is 0 Å². The number of aliphatic carboxylic acids is 1. The van der Waals surface area contributed by atoms with Gasteiger partial charge in [0.15, 0.2) is 0 Å². The van der Waals surface area contributed by atoms with Crippen LogP contribution in [0, 0.1) is 0 Å². The van der Waals surface area contributed by atoms with Crippen LogP contribution in [-0.4, -0.2) is 30.2 Å². The van der Waals surface area contributed by atoms with Crippen LogP contribution in [0.1, 0.15) is 31.7 Å². The van der Waals surface area contributed by atoms with Crippen LogP contribution >= 0.6 is 11.3 Å². The van der Waals surface area contributed by atoms with Gasteiger partial charge in [-0.25, -0.2) is 18.1 Å². The highest BCUT2D eigenvalue weighted by Crippen LogP contribution is 2.23. The Bertz CT molecular complexity index is 494. The van der Waals surface area contributed by atoms with Crippen molar-refractivity contribution in [2.75, 3.05) is 5.75 Å². The molecule has 0 fully saturated rings. The number of nitrogens with zero attached hydrogens (tertiary/aromatic N) is 1.